The van der Waals surface area contributed by atoms with Gasteiger partial charge in [0.1, 0.15) is 5.71 Å². The molecule has 0 aromatic heterocycles. The van der Waals surface area contributed by atoms with Gasteiger partial charge in [-0.2, -0.15) is 0 Å². The van der Waals surface area contributed by atoms with Gasteiger partial charge in [0.2, 0.25) is 0 Å². The van der Waals surface area contributed by atoms with Gasteiger partial charge in [0.05, 0.1) is 0 Å². The maximum atomic E-state index is 10.1. The first-order valence-corrected chi connectivity index (χ1v) is 2.78. The highest BCUT2D eigenvalue weighted by Gasteiger charge is 1.83. The Bertz CT molecular complexity index is 189. The predicted octanol–water partition coefficient (Wildman–Crippen LogP) is 1.51. The van der Waals surface area contributed by atoms with E-state index in [2.05, 4.69) is 18.2 Å². The Balaban J connectivity index is 4.20. The fraction of sp³-hybridized carbons (Fsp3) is 0. The van der Waals surface area contributed by atoms with Crippen LogP contribution in [0.3, 0.4) is 0 Å². The number of aliphatic imine (C=N–C) groups is 1. The van der Waals surface area contributed by atoms with Gasteiger partial charge in [-0.15, -0.1) is 0 Å². The van der Waals surface area contributed by atoms with E-state index in [9.17, 15) is 4.79 Å². The standard InChI is InChI=1S/C8H9NO/c1-3-5-6-8(7-10)9-4-2/h3-7H,1-2H2/b6-5-,9-8?. The highest BCUT2D eigenvalue weighted by molar-refractivity contribution is 6.33. The van der Waals surface area contributed by atoms with Crippen molar-refractivity contribution in [2.45, 2.75) is 0 Å². The summed E-state index contributed by atoms with van der Waals surface area (Å²) in [6.45, 7) is 6.79. The Hall–Kier alpha value is -1.44. The van der Waals surface area contributed by atoms with Crippen LogP contribution in [-0.2, 0) is 4.79 Å². The monoisotopic (exact) mass is 135 g/mol. The molecule has 0 heterocycles. The highest BCUT2D eigenvalue weighted by Crippen LogP contribution is 1.80. The van der Waals surface area contributed by atoms with Crippen LogP contribution in [0.15, 0.2) is 42.6 Å². The number of hydrogen-bond acceptors (Lipinski definition) is 2. The predicted molar refractivity (Wildman–Crippen MR) is 43.0 cm³/mol. The second kappa shape index (κ2) is 5.69. The van der Waals surface area contributed by atoms with Gasteiger partial charge in [-0.1, -0.05) is 25.3 Å². The number of carbonyl (C=O) groups excluding carboxylic acids is 1. The smallest absolute Gasteiger partial charge is 0.168 e. The molecule has 2 heteroatoms. The molecule has 0 N–H and O–H groups in total. The van der Waals surface area contributed by atoms with E-state index in [-0.39, 0.29) is 0 Å². The average molecular weight is 135 g/mol. The molecule has 10 heavy (non-hydrogen) atoms. The van der Waals surface area contributed by atoms with Crippen LogP contribution in [0, 0.1) is 0 Å². The van der Waals surface area contributed by atoms with Crippen LogP contribution in [0.25, 0.3) is 0 Å². The van der Waals surface area contributed by atoms with Gasteiger partial charge in [-0.25, -0.2) is 0 Å². The van der Waals surface area contributed by atoms with Gasteiger partial charge < -0.3 is 0 Å². The summed E-state index contributed by atoms with van der Waals surface area (Å²) in [5, 5.41) is 0. The number of hydrogen-bond donors (Lipinski definition) is 0. The molecule has 0 saturated heterocycles. The van der Waals surface area contributed by atoms with Crippen LogP contribution in [0.5, 0.6) is 0 Å². The summed E-state index contributed by atoms with van der Waals surface area (Å²) in [6, 6.07) is 0. The van der Waals surface area contributed by atoms with E-state index in [0.717, 1.165) is 0 Å². The van der Waals surface area contributed by atoms with Crippen LogP contribution in [0.1, 0.15) is 0 Å². The second-order valence-corrected chi connectivity index (χ2v) is 1.45. The molecule has 0 aromatic rings. The lowest BCUT2D eigenvalue weighted by Gasteiger charge is -1.81. The van der Waals surface area contributed by atoms with E-state index in [1.165, 1.54) is 6.20 Å². The van der Waals surface area contributed by atoms with Crippen LogP contribution in [-0.4, -0.2) is 12.0 Å². The first kappa shape index (κ1) is 8.56. The van der Waals surface area contributed by atoms with Gasteiger partial charge in [-0.3, -0.25) is 9.79 Å². The molecular weight excluding hydrogens is 126 g/mol. The molecule has 52 valence electrons. The molecule has 0 spiro atoms. The SMILES string of the molecule is C=C/C=C\C(C=O)=NC=C. The lowest BCUT2D eigenvalue weighted by Crippen LogP contribution is -1.91. The molecule has 0 fully saturated rings. The third kappa shape index (κ3) is 3.55. The van der Waals surface area contributed by atoms with Gasteiger partial charge >= 0.3 is 0 Å². The van der Waals surface area contributed by atoms with Crippen molar-refractivity contribution in [1.82, 2.24) is 0 Å². The van der Waals surface area contributed by atoms with E-state index in [4.69, 9.17) is 0 Å². The van der Waals surface area contributed by atoms with E-state index >= 15 is 0 Å². The second-order valence-electron chi connectivity index (χ2n) is 1.45. The Labute approximate surface area is 60.3 Å². The van der Waals surface area contributed by atoms with E-state index in [1.54, 1.807) is 18.2 Å². The molecule has 0 aliphatic heterocycles. The van der Waals surface area contributed by atoms with Crippen LogP contribution in [0.4, 0.5) is 0 Å². The minimum Gasteiger partial charge on any atom is -0.296 e. The minimum atomic E-state index is 0.343. The molecular formula is C8H9NO. The van der Waals surface area contributed by atoms with E-state index in [0.29, 0.717) is 12.0 Å². The fourth-order valence-corrected chi connectivity index (χ4v) is 0.385. The Kier molecular flexibility index (Phi) is 4.87. The molecule has 0 aliphatic carbocycles. The summed E-state index contributed by atoms with van der Waals surface area (Å²) in [7, 11) is 0. The van der Waals surface area contributed by atoms with Gasteiger partial charge in [0.15, 0.2) is 6.29 Å². The summed E-state index contributed by atoms with van der Waals surface area (Å²) >= 11 is 0. The number of rotatable bonds is 4. The normalized spacial score (nSPS) is 11.4. The Morgan fingerprint density at radius 2 is 2.10 bits per heavy atom. The van der Waals surface area contributed by atoms with Crippen molar-refractivity contribution in [2.24, 2.45) is 4.99 Å². The third-order valence-corrected chi connectivity index (χ3v) is 0.764. The molecule has 0 saturated carbocycles. The molecule has 0 aromatic carbocycles. The first-order chi connectivity index (χ1) is 4.85. The molecule has 2 nitrogen and oxygen atoms in total. The van der Waals surface area contributed by atoms with E-state index in [1.807, 2.05) is 0 Å². The van der Waals surface area contributed by atoms with Crippen molar-refractivity contribution in [2.75, 3.05) is 0 Å². The minimum absolute atomic E-state index is 0.343. The van der Waals surface area contributed by atoms with Crippen LogP contribution >= 0.6 is 0 Å². The van der Waals surface area contributed by atoms with Crippen molar-refractivity contribution < 1.29 is 4.79 Å². The summed E-state index contributed by atoms with van der Waals surface area (Å²) < 4.78 is 0. The number of nitrogens with zero attached hydrogens (tertiary/aromatic N) is 1. The third-order valence-electron chi connectivity index (χ3n) is 0.764. The lowest BCUT2D eigenvalue weighted by atomic mass is 10.3. The Morgan fingerprint density at radius 3 is 2.50 bits per heavy atom. The average Bonchev–Trinajstić information content (AvgIpc) is 1.98. The van der Waals surface area contributed by atoms with Gasteiger partial charge in [0, 0.05) is 6.20 Å². The van der Waals surface area contributed by atoms with Crippen LogP contribution < -0.4 is 0 Å². The summed E-state index contributed by atoms with van der Waals surface area (Å²) in [6.07, 6.45) is 6.74. The number of aldehydes is 1. The van der Waals surface area contributed by atoms with E-state index < -0.39 is 0 Å². The zero-order valence-electron chi connectivity index (χ0n) is 5.66. The summed E-state index contributed by atoms with van der Waals surface area (Å²) in [4.78, 5) is 13.8. The summed E-state index contributed by atoms with van der Waals surface area (Å²) in [5.74, 6) is 0. The maximum Gasteiger partial charge on any atom is 0.168 e. The fourth-order valence-electron chi connectivity index (χ4n) is 0.385. The zero-order chi connectivity index (χ0) is 7.82. The zero-order valence-corrected chi connectivity index (χ0v) is 5.66. The number of allylic oxidation sites excluding steroid dienone is 3. The Morgan fingerprint density at radius 1 is 1.40 bits per heavy atom. The molecule has 0 rings (SSSR count). The van der Waals surface area contributed by atoms with Gasteiger partial charge in [-0.05, 0) is 6.08 Å². The largest absolute Gasteiger partial charge is 0.296 e. The van der Waals surface area contributed by atoms with Crippen molar-refractivity contribution >= 4 is 12.0 Å². The van der Waals surface area contributed by atoms with Crippen molar-refractivity contribution in [3.05, 3.63) is 37.6 Å². The summed E-state index contributed by atoms with van der Waals surface area (Å²) in [5.41, 5.74) is 0.343. The number of carbonyl (C=O) groups is 1. The molecule has 0 atom stereocenters. The van der Waals surface area contributed by atoms with Crippen molar-refractivity contribution in [3.63, 3.8) is 0 Å². The highest BCUT2D eigenvalue weighted by atomic mass is 16.1. The van der Waals surface area contributed by atoms with Crippen molar-refractivity contribution in [3.8, 4) is 0 Å². The molecule has 0 aliphatic rings. The molecule has 0 radical (unpaired) electrons. The van der Waals surface area contributed by atoms with Crippen LogP contribution in [0.2, 0.25) is 0 Å². The van der Waals surface area contributed by atoms with Crippen molar-refractivity contribution in [1.29, 1.82) is 0 Å². The first-order valence-electron chi connectivity index (χ1n) is 2.78. The quantitative estimate of drug-likeness (QED) is 0.326. The lowest BCUT2D eigenvalue weighted by molar-refractivity contribution is -0.102. The topological polar surface area (TPSA) is 29.4 Å². The molecule has 0 bridgehead atoms. The molecule has 0 amide bonds. The van der Waals surface area contributed by atoms with Gasteiger partial charge in [0.25, 0.3) is 0 Å². The molecule has 0 unspecified atom stereocenters. The maximum absolute atomic E-state index is 10.1.